The highest BCUT2D eigenvalue weighted by atomic mass is 16.5. The highest BCUT2D eigenvalue weighted by Crippen LogP contribution is 2.21. The lowest BCUT2D eigenvalue weighted by Gasteiger charge is -2.27. The fraction of sp³-hybridized carbons (Fsp3) is 0.560. The van der Waals surface area contributed by atoms with Crippen LogP contribution < -0.4 is 10.6 Å². The predicted octanol–water partition coefficient (Wildman–Crippen LogP) is 2.72. The Labute approximate surface area is 211 Å². The minimum Gasteiger partial charge on any atom is -0.480 e. The second kappa shape index (κ2) is 12.6. The van der Waals surface area contributed by atoms with Crippen LogP contribution in [0, 0.1) is 0 Å². The van der Waals surface area contributed by atoms with Crippen LogP contribution in [-0.4, -0.2) is 86.6 Å². The molecule has 0 saturated heterocycles. The van der Waals surface area contributed by atoms with Crippen molar-refractivity contribution in [2.45, 2.75) is 57.6 Å². The first-order chi connectivity index (χ1) is 17.5. The largest absolute Gasteiger partial charge is 0.480 e. The number of fused-ring (bicyclic) bond motifs is 2. The fourth-order valence-corrected chi connectivity index (χ4v) is 4.50. The van der Waals surface area contributed by atoms with E-state index >= 15 is 0 Å². The number of rotatable bonds is 14. The van der Waals surface area contributed by atoms with Gasteiger partial charge in [0.1, 0.15) is 24.0 Å². The third-order valence-electron chi connectivity index (χ3n) is 6.62. The monoisotopic (exact) mass is 496 g/mol. The molecule has 11 heteroatoms. The Morgan fingerprint density at radius 3 is 3.00 bits per heavy atom. The number of nitrogens with one attached hydrogen (secondary N) is 3. The van der Waals surface area contributed by atoms with E-state index in [0.717, 1.165) is 63.3 Å². The van der Waals surface area contributed by atoms with Crippen LogP contribution in [-0.2, 0) is 22.4 Å². The van der Waals surface area contributed by atoms with Gasteiger partial charge in [0.25, 0.3) is 0 Å². The van der Waals surface area contributed by atoms with Crippen LogP contribution in [0.4, 0.5) is 11.6 Å². The Balaban J connectivity index is 1.30. The lowest BCUT2D eigenvalue weighted by atomic mass is 10.1. The number of carboxylic acid groups (broad SMARTS) is 1. The van der Waals surface area contributed by atoms with E-state index in [-0.39, 0.29) is 6.10 Å². The Morgan fingerprint density at radius 1 is 1.28 bits per heavy atom. The van der Waals surface area contributed by atoms with Crippen LogP contribution >= 0.6 is 0 Å². The minimum absolute atomic E-state index is 0.0574. The molecule has 2 atom stereocenters. The molecule has 0 amide bonds. The van der Waals surface area contributed by atoms with Gasteiger partial charge in [0.15, 0.2) is 5.65 Å². The summed E-state index contributed by atoms with van der Waals surface area (Å²) in [6.45, 7) is 5.25. The van der Waals surface area contributed by atoms with Crippen molar-refractivity contribution in [3.8, 4) is 0 Å². The Kier molecular flexibility index (Phi) is 9.01. The molecule has 2 unspecified atom stereocenters. The standard InChI is InChI=1S/C25H36N8O3/c1-17(36-2)15-33(12-4-3-7-19-9-8-18-6-5-11-26-22(18)30-19)13-10-21(25(34)35)31-23-20-14-29-32-24(20)28-16-27-23/h8-9,14,16-17,21H,3-7,10-13,15H2,1-2H3,(H,26,30)(H,34,35)(H2,27,28,29,31,32). The molecule has 4 N–H and O–H groups in total. The number of aliphatic carboxylic acids is 1. The van der Waals surface area contributed by atoms with Gasteiger partial charge in [-0.25, -0.2) is 19.7 Å². The molecule has 0 fully saturated rings. The van der Waals surface area contributed by atoms with Gasteiger partial charge in [-0.05, 0) is 63.6 Å². The number of aryl methyl sites for hydroxylation is 2. The first kappa shape index (κ1) is 25.8. The summed E-state index contributed by atoms with van der Waals surface area (Å²) in [6, 6.07) is 3.55. The van der Waals surface area contributed by atoms with Crippen molar-refractivity contribution >= 4 is 28.6 Å². The van der Waals surface area contributed by atoms with Crippen LogP contribution in [0.3, 0.4) is 0 Å². The van der Waals surface area contributed by atoms with Gasteiger partial charge in [-0.2, -0.15) is 5.10 Å². The zero-order chi connectivity index (χ0) is 25.3. The smallest absolute Gasteiger partial charge is 0.326 e. The number of methoxy groups -OCH3 is 1. The van der Waals surface area contributed by atoms with E-state index in [4.69, 9.17) is 9.72 Å². The number of H-pyrrole nitrogens is 1. The second-order valence-corrected chi connectivity index (χ2v) is 9.32. The van der Waals surface area contributed by atoms with E-state index in [1.54, 1.807) is 13.3 Å². The number of hydrogen-bond donors (Lipinski definition) is 4. The average molecular weight is 497 g/mol. The normalized spacial score (nSPS) is 14.9. The Hall–Kier alpha value is -3.31. The second-order valence-electron chi connectivity index (χ2n) is 9.32. The molecule has 0 aromatic carbocycles. The number of aromatic amines is 1. The molecule has 0 saturated carbocycles. The summed E-state index contributed by atoms with van der Waals surface area (Å²) in [5.41, 5.74) is 2.99. The molecule has 0 spiro atoms. The summed E-state index contributed by atoms with van der Waals surface area (Å²) < 4.78 is 5.48. The zero-order valence-electron chi connectivity index (χ0n) is 21.0. The topological polar surface area (TPSA) is 141 Å². The number of carbonyl (C=O) groups is 1. The van der Waals surface area contributed by atoms with Gasteiger partial charge in [0, 0.05) is 32.4 Å². The first-order valence-corrected chi connectivity index (χ1v) is 12.6. The van der Waals surface area contributed by atoms with Gasteiger partial charge >= 0.3 is 5.97 Å². The van der Waals surface area contributed by atoms with E-state index in [2.05, 4.69) is 47.8 Å². The summed E-state index contributed by atoms with van der Waals surface area (Å²) in [4.78, 5) is 27.4. The van der Waals surface area contributed by atoms with Gasteiger partial charge in [-0.3, -0.25) is 5.10 Å². The first-order valence-electron chi connectivity index (χ1n) is 12.6. The van der Waals surface area contributed by atoms with Crippen LogP contribution in [0.5, 0.6) is 0 Å². The van der Waals surface area contributed by atoms with Crippen molar-refractivity contribution in [3.05, 3.63) is 35.9 Å². The third kappa shape index (κ3) is 6.88. The number of carboxylic acids is 1. The summed E-state index contributed by atoms with van der Waals surface area (Å²) >= 11 is 0. The van der Waals surface area contributed by atoms with Crippen molar-refractivity contribution in [2.24, 2.45) is 0 Å². The number of ether oxygens (including phenoxy) is 1. The lowest BCUT2D eigenvalue weighted by Crippen LogP contribution is -2.38. The van der Waals surface area contributed by atoms with Crippen molar-refractivity contribution in [3.63, 3.8) is 0 Å². The van der Waals surface area contributed by atoms with Gasteiger partial charge in [0.05, 0.1) is 17.7 Å². The molecular weight excluding hydrogens is 460 g/mol. The van der Waals surface area contributed by atoms with E-state index < -0.39 is 12.0 Å². The molecule has 36 heavy (non-hydrogen) atoms. The molecule has 1 aliphatic heterocycles. The van der Waals surface area contributed by atoms with Crippen molar-refractivity contribution in [1.29, 1.82) is 0 Å². The molecule has 0 bridgehead atoms. The van der Waals surface area contributed by atoms with Gasteiger partial charge in [-0.15, -0.1) is 0 Å². The van der Waals surface area contributed by atoms with E-state index in [9.17, 15) is 9.90 Å². The number of pyridine rings is 1. The maximum absolute atomic E-state index is 12.0. The Bertz CT molecular complexity index is 1140. The SMILES string of the molecule is COC(C)CN(CCCCc1ccc2c(n1)NCCC2)CCC(Nc1ncnc2[nH]ncc12)C(=O)O. The number of unbranched alkanes of at least 4 members (excludes halogenated alkanes) is 1. The lowest BCUT2D eigenvalue weighted by molar-refractivity contribution is -0.138. The van der Waals surface area contributed by atoms with Crippen LogP contribution in [0.1, 0.15) is 43.9 Å². The van der Waals surface area contributed by atoms with Crippen molar-refractivity contribution in [1.82, 2.24) is 30.0 Å². The molecule has 0 radical (unpaired) electrons. The third-order valence-corrected chi connectivity index (χ3v) is 6.62. The zero-order valence-corrected chi connectivity index (χ0v) is 21.0. The molecule has 194 valence electrons. The molecular formula is C25H36N8O3. The maximum Gasteiger partial charge on any atom is 0.326 e. The van der Waals surface area contributed by atoms with E-state index in [1.807, 2.05) is 6.92 Å². The van der Waals surface area contributed by atoms with Gasteiger partial charge in [-0.1, -0.05) is 6.07 Å². The quantitative estimate of drug-likeness (QED) is 0.246. The van der Waals surface area contributed by atoms with Crippen LogP contribution in [0.25, 0.3) is 11.0 Å². The van der Waals surface area contributed by atoms with E-state index in [0.29, 0.717) is 29.8 Å². The molecule has 1 aliphatic rings. The van der Waals surface area contributed by atoms with Crippen molar-refractivity contribution < 1.29 is 14.6 Å². The highest BCUT2D eigenvalue weighted by molar-refractivity contribution is 5.88. The number of aromatic nitrogens is 5. The summed E-state index contributed by atoms with van der Waals surface area (Å²) in [7, 11) is 1.70. The number of anilines is 2. The van der Waals surface area contributed by atoms with Gasteiger partial charge < -0.3 is 25.4 Å². The minimum atomic E-state index is -0.919. The molecule has 0 aliphatic carbocycles. The van der Waals surface area contributed by atoms with Crippen molar-refractivity contribution in [2.75, 3.05) is 43.9 Å². The number of hydrogen-bond acceptors (Lipinski definition) is 9. The maximum atomic E-state index is 12.0. The molecule has 3 aromatic rings. The summed E-state index contributed by atoms with van der Waals surface area (Å²) in [6.07, 6.45) is 8.66. The van der Waals surface area contributed by atoms with Crippen LogP contribution in [0.15, 0.2) is 24.7 Å². The molecule has 4 heterocycles. The highest BCUT2D eigenvalue weighted by Gasteiger charge is 2.21. The van der Waals surface area contributed by atoms with Crippen LogP contribution in [0.2, 0.25) is 0 Å². The fourth-order valence-electron chi connectivity index (χ4n) is 4.50. The molecule has 11 nitrogen and oxygen atoms in total. The van der Waals surface area contributed by atoms with E-state index in [1.165, 1.54) is 11.9 Å². The summed E-state index contributed by atoms with van der Waals surface area (Å²) in [5.74, 6) is 0.583. The molecule has 4 rings (SSSR count). The van der Waals surface area contributed by atoms with Gasteiger partial charge in [0.2, 0.25) is 0 Å². The summed E-state index contributed by atoms with van der Waals surface area (Å²) in [5, 5.41) is 23.7. The number of nitrogens with zero attached hydrogens (tertiary/aromatic N) is 5. The predicted molar refractivity (Wildman–Crippen MR) is 138 cm³/mol. The molecule has 3 aromatic heterocycles. The average Bonchev–Trinajstić information content (AvgIpc) is 3.38. The Morgan fingerprint density at radius 2 is 2.17 bits per heavy atom.